The number of rotatable bonds is 4. The number of urea groups is 1. The second-order valence-corrected chi connectivity index (χ2v) is 7.08. The fraction of sp³-hybridized carbons (Fsp3) is 0.526. The maximum Gasteiger partial charge on any atom is 0.325 e. The lowest BCUT2D eigenvalue weighted by Crippen LogP contribution is -2.48. The SMILES string of the molecule is CN(C)C(=O)C1CCCN1CC(=O)NC(=O)Nc1ccc2c(c1)OCCCO2. The molecule has 1 unspecified atom stereocenters. The molecule has 1 aromatic rings. The number of likely N-dealkylation sites (tertiary alicyclic amines) is 1. The molecule has 1 saturated heterocycles. The first-order chi connectivity index (χ1) is 13.4. The zero-order chi connectivity index (χ0) is 20.1. The van der Waals surface area contributed by atoms with Gasteiger partial charge in [0.1, 0.15) is 0 Å². The van der Waals surface area contributed by atoms with E-state index in [0.717, 1.165) is 12.8 Å². The molecule has 0 aliphatic carbocycles. The van der Waals surface area contributed by atoms with E-state index < -0.39 is 11.9 Å². The summed E-state index contributed by atoms with van der Waals surface area (Å²) in [5.74, 6) is 0.709. The van der Waals surface area contributed by atoms with E-state index in [2.05, 4.69) is 10.6 Å². The fourth-order valence-corrected chi connectivity index (χ4v) is 3.35. The summed E-state index contributed by atoms with van der Waals surface area (Å²) in [5, 5.41) is 4.93. The van der Waals surface area contributed by atoms with Crippen LogP contribution < -0.4 is 20.1 Å². The van der Waals surface area contributed by atoms with Crippen molar-refractivity contribution >= 4 is 23.5 Å². The van der Waals surface area contributed by atoms with Gasteiger partial charge in [0.15, 0.2) is 11.5 Å². The number of imide groups is 1. The van der Waals surface area contributed by atoms with Crippen molar-refractivity contribution in [1.82, 2.24) is 15.1 Å². The van der Waals surface area contributed by atoms with E-state index in [1.807, 2.05) is 0 Å². The summed E-state index contributed by atoms with van der Waals surface area (Å²) in [7, 11) is 3.39. The van der Waals surface area contributed by atoms with E-state index in [4.69, 9.17) is 9.47 Å². The number of ether oxygens (including phenoxy) is 2. The summed E-state index contributed by atoms with van der Waals surface area (Å²) >= 11 is 0. The Labute approximate surface area is 163 Å². The van der Waals surface area contributed by atoms with Crippen LogP contribution in [0.1, 0.15) is 19.3 Å². The van der Waals surface area contributed by atoms with Crippen molar-refractivity contribution < 1.29 is 23.9 Å². The summed E-state index contributed by atoms with van der Waals surface area (Å²) in [6.07, 6.45) is 2.36. The lowest BCUT2D eigenvalue weighted by molar-refractivity contribution is -0.134. The molecule has 2 aliphatic heterocycles. The number of benzene rings is 1. The first kappa shape index (κ1) is 19.9. The number of hydrogen-bond donors (Lipinski definition) is 2. The van der Waals surface area contributed by atoms with E-state index in [9.17, 15) is 14.4 Å². The van der Waals surface area contributed by atoms with Crippen molar-refractivity contribution in [2.24, 2.45) is 0 Å². The Morgan fingerprint density at radius 1 is 1.14 bits per heavy atom. The van der Waals surface area contributed by atoms with Gasteiger partial charge >= 0.3 is 6.03 Å². The third-order valence-corrected chi connectivity index (χ3v) is 4.69. The minimum Gasteiger partial charge on any atom is -0.490 e. The zero-order valence-electron chi connectivity index (χ0n) is 16.2. The molecular weight excluding hydrogens is 364 g/mol. The highest BCUT2D eigenvalue weighted by atomic mass is 16.5. The van der Waals surface area contributed by atoms with Crippen LogP contribution in [0.3, 0.4) is 0 Å². The number of nitrogens with zero attached hydrogens (tertiary/aromatic N) is 2. The van der Waals surface area contributed by atoms with Crippen LogP contribution in [0.2, 0.25) is 0 Å². The number of anilines is 1. The number of fused-ring (bicyclic) bond motifs is 1. The van der Waals surface area contributed by atoms with Gasteiger partial charge in [-0.1, -0.05) is 0 Å². The zero-order valence-corrected chi connectivity index (χ0v) is 16.2. The minimum atomic E-state index is -0.630. The predicted octanol–water partition coefficient (Wildman–Crippen LogP) is 1.05. The van der Waals surface area contributed by atoms with Crippen LogP contribution in [0.4, 0.5) is 10.5 Å². The van der Waals surface area contributed by atoms with Crippen LogP contribution in [0.5, 0.6) is 11.5 Å². The van der Waals surface area contributed by atoms with Crippen molar-refractivity contribution in [3.05, 3.63) is 18.2 Å². The molecule has 1 atom stereocenters. The number of amides is 4. The van der Waals surface area contributed by atoms with Gasteiger partial charge in [-0.15, -0.1) is 0 Å². The molecule has 2 aliphatic rings. The van der Waals surface area contributed by atoms with Crippen molar-refractivity contribution in [2.45, 2.75) is 25.3 Å². The highest BCUT2D eigenvalue weighted by Gasteiger charge is 2.33. The highest BCUT2D eigenvalue weighted by Crippen LogP contribution is 2.32. The Kier molecular flexibility index (Phi) is 6.35. The molecule has 9 heteroatoms. The summed E-state index contributed by atoms with van der Waals surface area (Å²) in [4.78, 5) is 39.9. The summed E-state index contributed by atoms with van der Waals surface area (Å²) < 4.78 is 11.1. The molecule has 0 radical (unpaired) electrons. The van der Waals surface area contributed by atoms with E-state index >= 15 is 0 Å². The summed E-state index contributed by atoms with van der Waals surface area (Å²) in [6.45, 7) is 1.78. The average molecular weight is 390 g/mol. The van der Waals surface area contributed by atoms with Crippen LogP contribution in [0, 0.1) is 0 Å². The fourth-order valence-electron chi connectivity index (χ4n) is 3.35. The number of hydrogen-bond acceptors (Lipinski definition) is 6. The molecule has 1 fully saturated rings. The molecule has 2 N–H and O–H groups in total. The number of carbonyl (C=O) groups is 3. The largest absolute Gasteiger partial charge is 0.490 e. The van der Waals surface area contributed by atoms with Gasteiger partial charge in [0.2, 0.25) is 11.8 Å². The molecular formula is C19H26N4O5. The van der Waals surface area contributed by atoms with Crippen LogP contribution in [-0.2, 0) is 9.59 Å². The van der Waals surface area contributed by atoms with Crippen molar-refractivity contribution in [3.8, 4) is 11.5 Å². The number of carbonyl (C=O) groups excluding carboxylic acids is 3. The van der Waals surface area contributed by atoms with Crippen LogP contribution in [0.25, 0.3) is 0 Å². The molecule has 28 heavy (non-hydrogen) atoms. The standard InChI is InChI=1S/C19H26N4O5/c1-22(2)18(25)14-5-3-8-23(14)12-17(24)21-19(26)20-13-6-7-15-16(11-13)28-10-4-9-27-15/h6-7,11,14H,3-5,8-10,12H2,1-2H3,(H2,20,21,24,26). The Morgan fingerprint density at radius 2 is 1.89 bits per heavy atom. The smallest absolute Gasteiger partial charge is 0.325 e. The van der Waals surface area contributed by atoms with Gasteiger partial charge in [-0.2, -0.15) is 0 Å². The van der Waals surface area contributed by atoms with E-state index in [0.29, 0.717) is 43.4 Å². The van der Waals surface area contributed by atoms with Crippen LogP contribution in [-0.4, -0.2) is 74.1 Å². The van der Waals surface area contributed by atoms with Crippen molar-refractivity contribution in [1.29, 1.82) is 0 Å². The van der Waals surface area contributed by atoms with E-state index in [1.54, 1.807) is 37.2 Å². The van der Waals surface area contributed by atoms with Crippen LogP contribution >= 0.6 is 0 Å². The molecule has 4 amide bonds. The first-order valence-corrected chi connectivity index (χ1v) is 9.40. The number of likely N-dealkylation sites (N-methyl/N-ethyl adjacent to an activating group) is 1. The Bertz CT molecular complexity index is 752. The molecule has 152 valence electrons. The molecule has 0 spiro atoms. The average Bonchev–Trinajstić information content (AvgIpc) is 2.96. The van der Waals surface area contributed by atoms with Gasteiger partial charge in [-0.3, -0.25) is 19.8 Å². The minimum absolute atomic E-state index is 0.00118. The quantitative estimate of drug-likeness (QED) is 0.797. The molecule has 1 aromatic carbocycles. The predicted molar refractivity (Wildman–Crippen MR) is 102 cm³/mol. The van der Waals surface area contributed by atoms with Crippen LogP contribution in [0.15, 0.2) is 18.2 Å². The Balaban J connectivity index is 1.52. The van der Waals surface area contributed by atoms with Crippen molar-refractivity contribution in [2.75, 3.05) is 45.7 Å². The third kappa shape index (κ3) is 4.92. The highest BCUT2D eigenvalue weighted by molar-refractivity contribution is 6.02. The topological polar surface area (TPSA) is 100 Å². The van der Waals surface area contributed by atoms with Gasteiger partial charge in [-0.05, 0) is 31.5 Å². The van der Waals surface area contributed by atoms with Gasteiger partial charge in [0, 0.05) is 32.3 Å². The molecule has 3 rings (SSSR count). The third-order valence-electron chi connectivity index (χ3n) is 4.69. The van der Waals surface area contributed by atoms with Gasteiger partial charge in [0.05, 0.1) is 25.8 Å². The monoisotopic (exact) mass is 390 g/mol. The molecule has 9 nitrogen and oxygen atoms in total. The Morgan fingerprint density at radius 3 is 2.64 bits per heavy atom. The second-order valence-electron chi connectivity index (χ2n) is 7.08. The van der Waals surface area contributed by atoms with Crippen molar-refractivity contribution in [3.63, 3.8) is 0 Å². The van der Waals surface area contributed by atoms with Gasteiger partial charge in [-0.25, -0.2) is 4.79 Å². The van der Waals surface area contributed by atoms with Gasteiger partial charge < -0.3 is 19.7 Å². The van der Waals surface area contributed by atoms with E-state index in [1.165, 1.54) is 4.90 Å². The second kappa shape index (κ2) is 8.92. The Hall–Kier alpha value is -2.81. The van der Waals surface area contributed by atoms with E-state index in [-0.39, 0.29) is 18.5 Å². The summed E-state index contributed by atoms with van der Waals surface area (Å²) in [5.41, 5.74) is 0.497. The lowest BCUT2D eigenvalue weighted by Gasteiger charge is -2.25. The lowest BCUT2D eigenvalue weighted by atomic mass is 10.2. The maximum absolute atomic E-state index is 12.2. The molecule has 2 heterocycles. The molecule has 0 bridgehead atoms. The molecule has 0 aromatic heterocycles. The summed E-state index contributed by atoms with van der Waals surface area (Å²) in [6, 6.07) is 4.13. The number of nitrogens with one attached hydrogen (secondary N) is 2. The molecule has 0 saturated carbocycles. The maximum atomic E-state index is 12.2. The normalized spacial score (nSPS) is 18.9. The van der Waals surface area contributed by atoms with Gasteiger partial charge in [0.25, 0.3) is 0 Å². The first-order valence-electron chi connectivity index (χ1n) is 9.40.